The minimum absolute atomic E-state index is 0.0139. The molecule has 35 heavy (non-hydrogen) atoms. The number of ether oxygens (including phenoxy) is 2. The number of pyridine rings is 1. The number of hydrogen-bond donors (Lipinski definition) is 0. The summed E-state index contributed by atoms with van der Waals surface area (Å²) < 4.78 is 12.1. The molecule has 3 saturated heterocycles. The van der Waals surface area contributed by atoms with E-state index >= 15 is 0 Å². The fourth-order valence-corrected chi connectivity index (χ4v) is 5.55. The number of aryl methyl sites for hydroxylation is 1. The second-order valence-electron chi connectivity index (χ2n) is 10.4. The van der Waals surface area contributed by atoms with Crippen LogP contribution in [0.2, 0.25) is 0 Å². The SMILES string of the molecule is Cc1ccc(N2CC3(CCN(c4ccc(OCCCN5CCC[C@H]5C)cc4)CC3)OCC2=O)nc1. The number of carbonyl (C=O) groups excluding carboxylic acids is 1. The molecule has 1 aromatic heterocycles. The molecule has 3 fully saturated rings. The largest absolute Gasteiger partial charge is 0.494 e. The van der Waals surface area contributed by atoms with Gasteiger partial charge in [0.2, 0.25) is 0 Å². The highest BCUT2D eigenvalue weighted by atomic mass is 16.5. The second kappa shape index (κ2) is 10.5. The van der Waals surface area contributed by atoms with Crippen molar-refractivity contribution in [2.24, 2.45) is 0 Å². The van der Waals surface area contributed by atoms with Gasteiger partial charge in [0, 0.05) is 37.6 Å². The zero-order valence-electron chi connectivity index (χ0n) is 21.1. The Bertz CT molecular complexity index is 986. The molecule has 0 unspecified atom stereocenters. The van der Waals surface area contributed by atoms with Gasteiger partial charge in [-0.15, -0.1) is 0 Å². The van der Waals surface area contributed by atoms with Gasteiger partial charge in [0.1, 0.15) is 18.2 Å². The molecule has 5 rings (SSSR count). The van der Waals surface area contributed by atoms with E-state index in [-0.39, 0.29) is 18.1 Å². The molecule has 3 aliphatic heterocycles. The van der Waals surface area contributed by atoms with Gasteiger partial charge >= 0.3 is 0 Å². The zero-order valence-corrected chi connectivity index (χ0v) is 21.1. The Morgan fingerprint density at radius 2 is 1.91 bits per heavy atom. The maximum Gasteiger partial charge on any atom is 0.254 e. The van der Waals surface area contributed by atoms with Crippen LogP contribution in [0.25, 0.3) is 0 Å². The lowest BCUT2D eigenvalue weighted by Crippen LogP contribution is -2.59. The minimum Gasteiger partial charge on any atom is -0.494 e. The van der Waals surface area contributed by atoms with E-state index in [0.717, 1.165) is 68.7 Å². The van der Waals surface area contributed by atoms with E-state index in [0.29, 0.717) is 6.54 Å². The second-order valence-corrected chi connectivity index (χ2v) is 10.4. The Morgan fingerprint density at radius 1 is 1.11 bits per heavy atom. The average molecular weight is 479 g/mol. The van der Waals surface area contributed by atoms with Crippen molar-refractivity contribution in [3.8, 4) is 5.75 Å². The van der Waals surface area contributed by atoms with Crippen LogP contribution in [0.1, 0.15) is 44.6 Å². The maximum atomic E-state index is 12.5. The summed E-state index contributed by atoms with van der Waals surface area (Å²) in [6.07, 6.45) is 7.30. The molecule has 1 amide bonds. The molecule has 4 heterocycles. The van der Waals surface area contributed by atoms with Crippen molar-refractivity contribution in [1.29, 1.82) is 0 Å². The molecular formula is C28H38N4O3. The van der Waals surface area contributed by atoms with E-state index in [9.17, 15) is 4.79 Å². The van der Waals surface area contributed by atoms with E-state index in [1.165, 1.54) is 25.1 Å². The standard InChI is InChI=1S/C28H38N4O3/c1-22-6-11-26(29-19-22)32-21-28(35-20-27(32)33)12-16-31(17-13-28)24-7-9-25(10-8-24)34-18-4-15-30-14-3-5-23(30)2/h6-11,19,23H,3-5,12-18,20-21H2,1-2H3/t23-/m1/s1. The summed E-state index contributed by atoms with van der Waals surface area (Å²) in [5.41, 5.74) is 2.00. The number of hydrogen-bond acceptors (Lipinski definition) is 6. The lowest BCUT2D eigenvalue weighted by atomic mass is 9.89. The highest BCUT2D eigenvalue weighted by Crippen LogP contribution is 2.34. The molecule has 0 N–H and O–H groups in total. The normalized spacial score (nSPS) is 22.7. The lowest BCUT2D eigenvalue weighted by molar-refractivity contribution is -0.141. The monoisotopic (exact) mass is 478 g/mol. The molecule has 1 aromatic carbocycles. The first-order valence-electron chi connectivity index (χ1n) is 13.1. The summed E-state index contributed by atoms with van der Waals surface area (Å²) in [6, 6.07) is 13.1. The minimum atomic E-state index is -0.299. The van der Waals surface area contributed by atoms with Crippen LogP contribution in [0, 0.1) is 6.92 Å². The fraction of sp³-hybridized carbons (Fsp3) is 0.571. The summed E-state index contributed by atoms with van der Waals surface area (Å²) in [4.78, 5) is 23.8. The van der Waals surface area contributed by atoms with Gasteiger partial charge in [-0.05, 0) is 88.4 Å². The number of piperidine rings is 1. The first-order valence-corrected chi connectivity index (χ1v) is 13.1. The van der Waals surface area contributed by atoms with Gasteiger partial charge in [0.05, 0.1) is 18.8 Å². The smallest absolute Gasteiger partial charge is 0.254 e. The molecule has 0 aliphatic carbocycles. The third-order valence-electron chi connectivity index (χ3n) is 7.85. The number of amides is 1. The van der Waals surface area contributed by atoms with Crippen LogP contribution in [0.5, 0.6) is 5.75 Å². The van der Waals surface area contributed by atoms with Crippen LogP contribution in [0.15, 0.2) is 42.6 Å². The third-order valence-corrected chi connectivity index (χ3v) is 7.85. The van der Waals surface area contributed by atoms with Crippen molar-refractivity contribution in [3.05, 3.63) is 48.2 Å². The summed E-state index contributed by atoms with van der Waals surface area (Å²) in [7, 11) is 0. The van der Waals surface area contributed by atoms with Crippen molar-refractivity contribution >= 4 is 17.4 Å². The summed E-state index contributed by atoms with van der Waals surface area (Å²) >= 11 is 0. The van der Waals surface area contributed by atoms with Crippen LogP contribution < -0.4 is 14.5 Å². The van der Waals surface area contributed by atoms with Gasteiger partial charge in [0.15, 0.2) is 0 Å². The van der Waals surface area contributed by atoms with Crippen LogP contribution in [0.3, 0.4) is 0 Å². The number of rotatable bonds is 7. The van der Waals surface area contributed by atoms with Gasteiger partial charge in [-0.1, -0.05) is 6.07 Å². The Hall–Kier alpha value is -2.64. The number of nitrogens with zero attached hydrogens (tertiary/aromatic N) is 4. The highest BCUT2D eigenvalue weighted by Gasteiger charge is 2.43. The molecule has 188 valence electrons. The number of benzene rings is 1. The molecule has 1 atom stereocenters. The molecule has 1 spiro atoms. The van der Waals surface area contributed by atoms with Gasteiger partial charge in [-0.25, -0.2) is 4.98 Å². The Morgan fingerprint density at radius 3 is 2.60 bits per heavy atom. The molecule has 0 bridgehead atoms. The van der Waals surface area contributed by atoms with Gasteiger partial charge < -0.3 is 19.3 Å². The molecule has 0 saturated carbocycles. The molecule has 3 aliphatic rings. The fourth-order valence-electron chi connectivity index (χ4n) is 5.55. The van der Waals surface area contributed by atoms with Crippen molar-refractivity contribution in [2.45, 2.75) is 57.6 Å². The van der Waals surface area contributed by atoms with Gasteiger partial charge in [0.25, 0.3) is 5.91 Å². The van der Waals surface area contributed by atoms with E-state index in [2.05, 4.69) is 46.0 Å². The Kier molecular flexibility index (Phi) is 7.25. The van der Waals surface area contributed by atoms with Crippen molar-refractivity contribution in [1.82, 2.24) is 9.88 Å². The lowest BCUT2D eigenvalue weighted by Gasteiger charge is -2.47. The van der Waals surface area contributed by atoms with Crippen molar-refractivity contribution in [2.75, 3.05) is 55.7 Å². The zero-order chi connectivity index (χ0) is 24.3. The quantitative estimate of drug-likeness (QED) is 0.560. The number of anilines is 2. The van der Waals surface area contributed by atoms with E-state index in [1.54, 1.807) is 4.90 Å². The number of aromatic nitrogens is 1. The first kappa shape index (κ1) is 24.1. The highest BCUT2D eigenvalue weighted by molar-refractivity contribution is 5.94. The average Bonchev–Trinajstić information content (AvgIpc) is 3.29. The van der Waals surface area contributed by atoms with Crippen molar-refractivity contribution < 1.29 is 14.3 Å². The van der Waals surface area contributed by atoms with Gasteiger partial charge in [-0.3, -0.25) is 9.69 Å². The Balaban J connectivity index is 1.11. The molecule has 7 nitrogen and oxygen atoms in total. The number of morpholine rings is 1. The summed E-state index contributed by atoms with van der Waals surface area (Å²) in [5, 5.41) is 0. The molecular weight excluding hydrogens is 440 g/mol. The van der Waals surface area contributed by atoms with Crippen molar-refractivity contribution in [3.63, 3.8) is 0 Å². The maximum absolute atomic E-state index is 12.5. The number of likely N-dealkylation sites (tertiary alicyclic amines) is 1. The van der Waals surface area contributed by atoms with E-state index in [4.69, 9.17) is 9.47 Å². The van der Waals surface area contributed by atoms with Crippen LogP contribution in [0.4, 0.5) is 11.5 Å². The number of carbonyl (C=O) groups is 1. The first-order chi connectivity index (χ1) is 17.0. The van der Waals surface area contributed by atoms with Crippen LogP contribution >= 0.6 is 0 Å². The predicted octanol–water partition coefficient (Wildman–Crippen LogP) is 4.05. The topological polar surface area (TPSA) is 58.1 Å². The molecule has 2 aromatic rings. The third kappa shape index (κ3) is 5.62. The molecule has 0 radical (unpaired) electrons. The van der Waals surface area contributed by atoms with Crippen LogP contribution in [-0.4, -0.2) is 73.4 Å². The summed E-state index contributed by atoms with van der Waals surface area (Å²) in [5.74, 6) is 1.64. The van der Waals surface area contributed by atoms with E-state index in [1.807, 2.05) is 25.3 Å². The molecule has 7 heteroatoms. The predicted molar refractivity (Wildman–Crippen MR) is 138 cm³/mol. The van der Waals surface area contributed by atoms with E-state index < -0.39 is 0 Å². The Labute approximate surface area is 209 Å². The summed E-state index contributed by atoms with van der Waals surface area (Å²) in [6.45, 7) is 9.94. The van der Waals surface area contributed by atoms with Gasteiger partial charge in [-0.2, -0.15) is 0 Å². The van der Waals surface area contributed by atoms with Crippen LogP contribution in [-0.2, 0) is 9.53 Å².